The van der Waals surface area contributed by atoms with Gasteiger partial charge in [0.15, 0.2) is 5.75 Å². The summed E-state index contributed by atoms with van der Waals surface area (Å²) in [5, 5.41) is 20.5. The molecule has 20 heavy (non-hydrogen) atoms. The molecule has 1 N–H and O–H groups in total. The van der Waals surface area contributed by atoms with Gasteiger partial charge in [-0.05, 0) is 30.5 Å². The summed E-state index contributed by atoms with van der Waals surface area (Å²) in [5.74, 6) is 0.723. The molecule has 0 radical (unpaired) electrons. The molecule has 1 heterocycles. The first-order chi connectivity index (χ1) is 9.56. The molecular weight excluding hydrogens is 260 g/mol. The number of ether oxygens (including phenoxy) is 1. The van der Waals surface area contributed by atoms with Crippen LogP contribution in [-0.4, -0.2) is 41.2 Å². The number of aliphatic hydroxyl groups excluding tert-OH is 1. The molecule has 1 aliphatic rings. The number of aliphatic hydroxyl groups is 1. The fraction of sp³-hybridized carbons (Fsp3) is 0.571. The molecule has 1 aliphatic heterocycles. The zero-order chi connectivity index (χ0) is 14.7. The van der Waals surface area contributed by atoms with Gasteiger partial charge in [0, 0.05) is 18.7 Å². The van der Waals surface area contributed by atoms with Crippen LogP contribution in [0.15, 0.2) is 18.2 Å². The standard InChI is InChI=1S/C14H20N2O4/c1-10-5-6-15(13(10)9-17)8-11-3-4-14(20-2)12(7-11)16(18)19/h3-4,7,10,13,17H,5-6,8-9H2,1-2H3. The van der Waals surface area contributed by atoms with E-state index < -0.39 is 4.92 Å². The molecular formula is C14H20N2O4. The van der Waals surface area contributed by atoms with Crippen LogP contribution in [0.2, 0.25) is 0 Å². The maximum atomic E-state index is 11.0. The van der Waals surface area contributed by atoms with E-state index in [1.54, 1.807) is 12.1 Å². The molecule has 1 aromatic rings. The molecule has 1 saturated heterocycles. The number of likely N-dealkylation sites (tertiary alicyclic amines) is 1. The summed E-state index contributed by atoms with van der Waals surface area (Å²) in [5.41, 5.74) is 0.850. The maximum absolute atomic E-state index is 11.0. The third kappa shape index (κ3) is 2.91. The number of rotatable bonds is 5. The third-order valence-electron chi connectivity index (χ3n) is 4.01. The van der Waals surface area contributed by atoms with Gasteiger partial charge in [-0.25, -0.2) is 0 Å². The summed E-state index contributed by atoms with van der Waals surface area (Å²) in [4.78, 5) is 12.8. The van der Waals surface area contributed by atoms with Crippen LogP contribution in [0.25, 0.3) is 0 Å². The highest BCUT2D eigenvalue weighted by Crippen LogP contribution is 2.30. The Morgan fingerprint density at radius 2 is 2.30 bits per heavy atom. The third-order valence-corrected chi connectivity index (χ3v) is 4.01. The Balaban J connectivity index is 2.18. The van der Waals surface area contributed by atoms with Crippen molar-refractivity contribution < 1.29 is 14.8 Å². The highest BCUT2D eigenvalue weighted by molar-refractivity contribution is 5.48. The topological polar surface area (TPSA) is 75.8 Å². The van der Waals surface area contributed by atoms with Gasteiger partial charge < -0.3 is 9.84 Å². The predicted molar refractivity (Wildman–Crippen MR) is 74.7 cm³/mol. The van der Waals surface area contributed by atoms with Crippen LogP contribution < -0.4 is 4.74 Å². The van der Waals surface area contributed by atoms with E-state index in [0.29, 0.717) is 12.5 Å². The average Bonchev–Trinajstić information content (AvgIpc) is 2.78. The van der Waals surface area contributed by atoms with Gasteiger partial charge in [0.05, 0.1) is 18.6 Å². The molecule has 6 heteroatoms. The molecule has 2 atom stereocenters. The largest absolute Gasteiger partial charge is 0.490 e. The van der Waals surface area contributed by atoms with Crippen LogP contribution in [0, 0.1) is 16.0 Å². The molecule has 1 fully saturated rings. The lowest BCUT2D eigenvalue weighted by molar-refractivity contribution is -0.385. The summed E-state index contributed by atoms with van der Waals surface area (Å²) in [6.45, 7) is 3.77. The number of nitro groups is 1. The minimum absolute atomic E-state index is 0.0159. The normalized spacial score (nSPS) is 22.9. The molecule has 0 amide bonds. The Bertz CT molecular complexity index is 492. The summed E-state index contributed by atoms with van der Waals surface area (Å²) in [6.07, 6.45) is 1.05. The van der Waals surface area contributed by atoms with E-state index in [2.05, 4.69) is 11.8 Å². The number of nitro benzene ring substituents is 1. The van der Waals surface area contributed by atoms with Crippen molar-refractivity contribution in [2.45, 2.75) is 25.9 Å². The van der Waals surface area contributed by atoms with E-state index >= 15 is 0 Å². The molecule has 2 unspecified atom stereocenters. The highest BCUT2D eigenvalue weighted by atomic mass is 16.6. The van der Waals surface area contributed by atoms with Crippen molar-refractivity contribution in [1.82, 2.24) is 4.90 Å². The van der Waals surface area contributed by atoms with E-state index in [1.807, 2.05) is 6.07 Å². The zero-order valence-electron chi connectivity index (χ0n) is 11.8. The minimum Gasteiger partial charge on any atom is -0.490 e. The van der Waals surface area contributed by atoms with Crippen molar-refractivity contribution in [2.24, 2.45) is 5.92 Å². The number of methoxy groups -OCH3 is 1. The minimum atomic E-state index is -0.432. The van der Waals surface area contributed by atoms with Crippen LogP contribution in [0.4, 0.5) is 5.69 Å². The van der Waals surface area contributed by atoms with Gasteiger partial charge in [0.1, 0.15) is 0 Å². The van der Waals surface area contributed by atoms with Crippen molar-refractivity contribution in [3.63, 3.8) is 0 Å². The molecule has 1 aromatic carbocycles. The first-order valence-corrected chi connectivity index (χ1v) is 6.73. The van der Waals surface area contributed by atoms with E-state index in [9.17, 15) is 15.2 Å². The van der Waals surface area contributed by atoms with Crippen LogP contribution in [0.1, 0.15) is 18.9 Å². The maximum Gasteiger partial charge on any atom is 0.311 e. The molecule has 0 saturated carbocycles. The van der Waals surface area contributed by atoms with Gasteiger partial charge in [0.2, 0.25) is 0 Å². The lowest BCUT2D eigenvalue weighted by Crippen LogP contribution is -2.34. The summed E-state index contributed by atoms with van der Waals surface area (Å²) in [6, 6.07) is 5.15. The Morgan fingerprint density at radius 1 is 1.55 bits per heavy atom. The monoisotopic (exact) mass is 280 g/mol. The molecule has 0 aromatic heterocycles. The van der Waals surface area contributed by atoms with E-state index in [4.69, 9.17) is 4.74 Å². The van der Waals surface area contributed by atoms with Gasteiger partial charge in [-0.15, -0.1) is 0 Å². The second kappa shape index (κ2) is 6.19. The van der Waals surface area contributed by atoms with Crippen molar-refractivity contribution in [2.75, 3.05) is 20.3 Å². The van der Waals surface area contributed by atoms with Gasteiger partial charge in [-0.2, -0.15) is 0 Å². The van der Waals surface area contributed by atoms with Gasteiger partial charge in [0.25, 0.3) is 0 Å². The molecule has 0 aliphatic carbocycles. The predicted octanol–water partition coefficient (Wildman–Crippen LogP) is 1.81. The summed E-state index contributed by atoms with van der Waals surface area (Å²) >= 11 is 0. The molecule has 2 rings (SSSR count). The lowest BCUT2D eigenvalue weighted by Gasteiger charge is -2.25. The van der Waals surface area contributed by atoms with Crippen molar-refractivity contribution in [3.05, 3.63) is 33.9 Å². The van der Waals surface area contributed by atoms with Crippen LogP contribution in [-0.2, 0) is 6.54 Å². The fourth-order valence-electron chi connectivity index (χ4n) is 2.79. The van der Waals surface area contributed by atoms with Crippen molar-refractivity contribution >= 4 is 5.69 Å². The van der Waals surface area contributed by atoms with Gasteiger partial charge in [-0.1, -0.05) is 13.0 Å². The molecule has 0 bridgehead atoms. The van der Waals surface area contributed by atoms with E-state index in [0.717, 1.165) is 18.5 Å². The van der Waals surface area contributed by atoms with Crippen LogP contribution >= 0.6 is 0 Å². The molecule has 0 spiro atoms. The first-order valence-electron chi connectivity index (χ1n) is 6.73. The fourth-order valence-corrected chi connectivity index (χ4v) is 2.79. The van der Waals surface area contributed by atoms with E-state index in [-0.39, 0.29) is 24.1 Å². The quantitative estimate of drug-likeness (QED) is 0.657. The molecule has 6 nitrogen and oxygen atoms in total. The van der Waals surface area contributed by atoms with Gasteiger partial charge >= 0.3 is 5.69 Å². The zero-order valence-corrected chi connectivity index (χ0v) is 11.8. The number of hydrogen-bond acceptors (Lipinski definition) is 5. The lowest BCUT2D eigenvalue weighted by atomic mass is 10.0. The second-order valence-electron chi connectivity index (χ2n) is 5.25. The molecule has 110 valence electrons. The number of hydrogen-bond donors (Lipinski definition) is 1. The summed E-state index contributed by atoms with van der Waals surface area (Å²) < 4.78 is 5.00. The Kier molecular flexibility index (Phi) is 4.57. The first kappa shape index (κ1) is 14.7. The van der Waals surface area contributed by atoms with Crippen LogP contribution in [0.3, 0.4) is 0 Å². The van der Waals surface area contributed by atoms with Crippen molar-refractivity contribution in [1.29, 1.82) is 0 Å². The number of benzene rings is 1. The van der Waals surface area contributed by atoms with E-state index in [1.165, 1.54) is 7.11 Å². The van der Waals surface area contributed by atoms with Gasteiger partial charge in [-0.3, -0.25) is 15.0 Å². The smallest absolute Gasteiger partial charge is 0.311 e. The highest BCUT2D eigenvalue weighted by Gasteiger charge is 2.30. The van der Waals surface area contributed by atoms with Crippen molar-refractivity contribution in [3.8, 4) is 5.75 Å². The summed E-state index contributed by atoms with van der Waals surface area (Å²) in [7, 11) is 1.42. The Hall–Kier alpha value is -1.66. The average molecular weight is 280 g/mol. The Morgan fingerprint density at radius 3 is 2.90 bits per heavy atom. The van der Waals surface area contributed by atoms with Crippen LogP contribution in [0.5, 0.6) is 5.75 Å². The Labute approximate surface area is 118 Å². The number of nitrogens with zero attached hydrogens (tertiary/aromatic N) is 2. The second-order valence-corrected chi connectivity index (χ2v) is 5.25. The SMILES string of the molecule is COc1ccc(CN2CCC(C)C2CO)cc1[N+](=O)[O-].